The second kappa shape index (κ2) is 9.35. The van der Waals surface area contributed by atoms with Gasteiger partial charge in [-0.2, -0.15) is 0 Å². The topological polar surface area (TPSA) is 103 Å². The first-order chi connectivity index (χ1) is 15.2. The molecular weight excluding hydrogens is 413 g/mol. The number of allylic oxidation sites excluding steroid dienone is 5. The average molecular weight is 442 g/mol. The van der Waals surface area contributed by atoms with E-state index in [0.29, 0.717) is 49.8 Å². The average Bonchev–Trinajstić information content (AvgIpc) is 2.98. The molecule has 1 aliphatic heterocycles. The van der Waals surface area contributed by atoms with Gasteiger partial charge in [-0.1, -0.05) is 18.7 Å². The van der Waals surface area contributed by atoms with Gasteiger partial charge >= 0.3 is 0 Å². The summed E-state index contributed by atoms with van der Waals surface area (Å²) in [5.74, 6) is -0.328. The van der Waals surface area contributed by atoms with Crippen LogP contribution in [0.4, 0.5) is 4.39 Å². The number of aromatic nitrogens is 2. The molecule has 3 rings (SSSR count). The fourth-order valence-corrected chi connectivity index (χ4v) is 3.75. The summed E-state index contributed by atoms with van der Waals surface area (Å²) in [6.45, 7) is 12.7. The van der Waals surface area contributed by atoms with E-state index in [1.807, 2.05) is 18.7 Å². The predicted octanol–water partition coefficient (Wildman–Crippen LogP) is 2.90. The van der Waals surface area contributed by atoms with Gasteiger partial charge in [0.2, 0.25) is 5.75 Å². The maximum Gasteiger partial charge on any atom is 0.296 e. The van der Waals surface area contributed by atoms with E-state index in [1.165, 1.54) is 16.7 Å². The van der Waals surface area contributed by atoms with Crippen molar-refractivity contribution < 1.29 is 14.6 Å². The van der Waals surface area contributed by atoms with E-state index in [2.05, 4.69) is 28.6 Å². The molecule has 32 heavy (non-hydrogen) atoms. The summed E-state index contributed by atoms with van der Waals surface area (Å²) in [5, 5.41) is 23.0. The van der Waals surface area contributed by atoms with Crippen molar-refractivity contribution in [3.63, 3.8) is 0 Å². The Balaban J connectivity index is 1.89. The van der Waals surface area contributed by atoms with Crippen molar-refractivity contribution in [3.05, 3.63) is 76.1 Å². The predicted molar refractivity (Wildman–Crippen MR) is 123 cm³/mol. The smallest absolute Gasteiger partial charge is 0.296 e. The zero-order chi connectivity index (χ0) is 23.5. The van der Waals surface area contributed by atoms with Crippen LogP contribution in [0.25, 0.3) is 5.70 Å². The maximum atomic E-state index is 13.3. The van der Waals surface area contributed by atoms with Crippen LogP contribution in [0.3, 0.4) is 0 Å². The van der Waals surface area contributed by atoms with Gasteiger partial charge in [-0.25, -0.2) is 9.37 Å². The van der Waals surface area contributed by atoms with Crippen molar-refractivity contribution in [2.45, 2.75) is 32.4 Å². The molecule has 1 aromatic heterocycles. The van der Waals surface area contributed by atoms with Crippen LogP contribution in [0.5, 0.6) is 5.75 Å². The summed E-state index contributed by atoms with van der Waals surface area (Å²) in [6.07, 6.45) is 7.67. The number of halogens is 1. The molecule has 0 bridgehead atoms. The third kappa shape index (κ3) is 4.57. The zero-order valence-corrected chi connectivity index (χ0v) is 18.3. The normalized spacial score (nSPS) is 18.3. The maximum absolute atomic E-state index is 13.3. The van der Waals surface area contributed by atoms with E-state index >= 15 is 0 Å². The molecule has 0 saturated heterocycles. The van der Waals surface area contributed by atoms with Gasteiger partial charge in [-0.15, -0.1) is 0 Å². The molecule has 0 fully saturated rings. The minimum Gasteiger partial charge on any atom is -0.514 e. The van der Waals surface area contributed by atoms with Crippen molar-refractivity contribution in [3.8, 4) is 5.75 Å². The molecule has 3 N–H and O–H groups in total. The van der Waals surface area contributed by atoms with Crippen LogP contribution in [0, 0.1) is 0 Å². The molecule has 1 aromatic rings. The Morgan fingerprint density at radius 3 is 2.84 bits per heavy atom. The lowest BCUT2D eigenvalue weighted by atomic mass is 9.97. The van der Waals surface area contributed by atoms with Gasteiger partial charge < -0.3 is 15.5 Å². The Kier molecular flexibility index (Phi) is 6.78. The lowest BCUT2D eigenvalue weighted by Gasteiger charge is -2.43. The first-order valence-electron chi connectivity index (χ1n) is 10.2. The van der Waals surface area contributed by atoms with Gasteiger partial charge in [0.25, 0.3) is 5.56 Å². The SMILES string of the molecule is C=N/C(=C\O)CN1CCn2c(nc(C(=C)NCC3=CC=C(F)C=CC3)c(O)c2=O)C1(C)C. The summed E-state index contributed by atoms with van der Waals surface area (Å²) < 4.78 is 14.8. The number of hydrogen-bond donors (Lipinski definition) is 3. The molecule has 2 aliphatic rings. The van der Waals surface area contributed by atoms with Crippen LogP contribution in [0.15, 0.2) is 64.0 Å². The molecule has 1 aliphatic carbocycles. The van der Waals surface area contributed by atoms with Gasteiger partial charge in [0.15, 0.2) is 0 Å². The molecule has 0 atom stereocenters. The standard InChI is InChI=1S/C23H28FN5O3/c1-15(26-12-16-6-5-7-17(24)9-8-16)19-20(31)21(32)29-11-10-28(13-18(14-30)25-4)23(2,3)22(29)27-19/h5,7-9,14,26,30-31H,1,4,6,10-13H2,2-3H3/b18-14-. The number of aromatic hydroxyl groups is 1. The van der Waals surface area contributed by atoms with Gasteiger partial charge in [-0.05, 0) is 44.7 Å². The molecule has 170 valence electrons. The van der Waals surface area contributed by atoms with Gasteiger partial charge in [0.1, 0.15) is 23.6 Å². The van der Waals surface area contributed by atoms with Crippen LogP contribution in [0.2, 0.25) is 0 Å². The number of rotatable bonds is 7. The van der Waals surface area contributed by atoms with E-state index in [1.54, 1.807) is 12.2 Å². The third-order valence-electron chi connectivity index (χ3n) is 5.73. The van der Waals surface area contributed by atoms with Gasteiger partial charge in [-0.3, -0.25) is 19.3 Å². The molecule has 2 heterocycles. The highest BCUT2D eigenvalue weighted by molar-refractivity contribution is 5.63. The monoisotopic (exact) mass is 441 g/mol. The van der Waals surface area contributed by atoms with Crippen molar-refractivity contribution >= 4 is 12.4 Å². The summed E-state index contributed by atoms with van der Waals surface area (Å²) in [4.78, 5) is 23.3. The van der Waals surface area contributed by atoms with E-state index in [9.17, 15) is 19.4 Å². The highest BCUT2D eigenvalue weighted by Crippen LogP contribution is 2.32. The fourth-order valence-electron chi connectivity index (χ4n) is 3.75. The number of nitrogens with zero attached hydrogens (tertiary/aromatic N) is 4. The molecular formula is C23H28FN5O3. The second-order valence-corrected chi connectivity index (χ2v) is 8.16. The first kappa shape index (κ1) is 23.2. The van der Waals surface area contributed by atoms with Crippen molar-refractivity contribution in [2.24, 2.45) is 4.99 Å². The van der Waals surface area contributed by atoms with E-state index < -0.39 is 16.8 Å². The Morgan fingerprint density at radius 1 is 1.41 bits per heavy atom. The van der Waals surface area contributed by atoms with E-state index in [-0.39, 0.29) is 11.5 Å². The third-order valence-corrected chi connectivity index (χ3v) is 5.73. The van der Waals surface area contributed by atoms with Crippen molar-refractivity contribution in [1.29, 1.82) is 0 Å². The van der Waals surface area contributed by atoms with E-state index in [4.69, 9.17) is 0 Å². The number of aliphatic hydroxyl groups is 1. The highest BCUT2D eigenvalue weighted by atomic mass is 19.1. The number of nitrogens with one attached hydrogen (secondary N) is 1. The van der Waals surface area contributed by atoms with E-state index in [0.717, 1.165) is 11.8 Å². The summed E-state index contributed by atoms with van der Waals surface area (Å²) in [7, 11) is 0. The fraction of sp³-hybridized carbons (Fsp3) is 0.348. The minimum atomic E-state index is -0.698. The molecule has 8 nitrogen and oxygen atoms in total. The van der Waals surface area contributed by atoms with Gasteiger partial charge in [0, 0.05) is 26.2 Å². The number of aliphatic hydroxyl groups excluding tert-OH is 1. The summed E-state index contributed by atoms with van der Waals surface area (Å²) in [6, 6.07) is 0. The van der Waals surface area contributed by atoms with Crippen molar-refractivity contribution in [2.75, 3.05) is 19.6 Å². The molecule has 0 amide bonds. The summed E-state index contributed by atoms with van der Waals surface area (Å²) >= 11 is 0. The zero-order valence-electron chi connectivity index (χ0n) is 18.3. The Labute approximate surface area is 186 Å². The van der Waals surface area contributed by atoms with Crippen LogP contribution in [-0.2, 0) is 12.1 Å². The first-order valence-corrected chi connectivity index (χ1v) is 10.2. The van der Waals surface area contributed by atoms with Crippen LogP contribution in [0.1, 0.15) is 31.8 Å². The van der Waals surface area contributed by atoms with Crippen LogP contribution < -0.4 is 10.9 Å². The number of aliphatic imine (C=N–C) groups is 1. The van der Waals surface area contributed by atoms with Crippen molar-refractivity contribution in [1.82, 2.24) is 19.8 Å². The van der Waals surface area contributed by atoms with Gasteiger partial charge in [0.05, 0.1) is 16.9 Å². The second-order valence-electron chi connectivity index (χ2n) is 8.16. The van der Waals surface area contributed by atoms with Crippen LogP contribution >= 0.6 is 0 Å². The lowest BCUT2D eigenvalue weighted by Crippen LogP contribution is -2.53. The number of hydrogen-bond acceptors (Lipinski definition) is 7. The molecule has 0 aromatic carbocycles. The lowest BCUT2D eigenvalue weighted by molar-refractivity contribution is 0.0833. The molecule has 0 saturated carbocycles. The Bertz CT molecular complexity index is 1110. The minimum absolute atomic E-state index is 0.0717. The van der Waals surface area contributed by atoms with Crippen LogP contribution in [-0.4, -0.2) is 51.0 Å². The molecule has 0 radical (unpaired) electrons. The Hall–Kier alpha value is -3.46. The number of fused-ring (bicyclic) bond motifs is 1. The quantitative estimate of drug-likeness (QED) is 0.444. The summed E-state index contributed by atoms with van der Waals surface area (Å²) in [5.41, 5.74) is 0.435. The molecule has 0 spiro atoms. The highest BCUT2D eigenvalue weighted by Gasteiger charge is 2.38. The molecule has 0 unspecified atom stereocenters. The Morgan fingerprint density at radius 2 is 2.16 bits per heavy atom. The molecule has 9 heteroatoms. The largest absolute Gasteiger partial charge is 0.514 e.